The van der Waals surface area contributed by atoms with Crippen molar-refractivity contribution < 1.29 is 32.9 Å². The van der Waals surface area contributed by atoms with Gasteiger partial charge < -0.3 is 38.7 Å². The quantitative estimate of drug-likeness (QED) is 0.0356. The highest BCUT2D eigenvalue weighted by Gasteiger charge is 2.57. The highest BCUT2D eigenvalue weighted by molar-refractivity contribution is 5.97. The van der Waals surface area contributed by atoms with Crippen LogP contribution in [0.3, 0.4) is 0 Å². The summed E-state index contributed by atoms with van der Waals surface area (Å²) in [7, 11) is 0. The van der Waals surface area contributed by atoms with E-state index in [2.05, 4.69) is 163 Å². The highest BCUT2D eigenvalue weighted by atomic mass is 16.5. The second kappa shape index (κ2) is 35.3. The number of rotatable bonds is 11. The van der Waals surface area contributed by atoms with Crippen LogP contribution in [-0.4, -0.2) is 111 Å². The van der Waals surface area contributed by atoms with Crippen LogP contribution >= 0.6 is 0 Å². The van der Waals surface area contributed by atoms with Gasteiger partial charge in [-0.15, -0.1) is 0 Å². The molecule has 8 aliphatic rings. The Labute approximate surface area is 803 Å². The molecule has 8 aliphatic carbocycles. The molecule has 17 aromatic rings. The number of nitrogens with zero attached hydrogens (tertiary/aromatic N) is 22. The molecule has 0 saturated heterocycles. The standard InChI is InChI=1S/2C28H26N6O2.C26H26N6O2.C26H23N5O.CH4/c1-16-23-11-10-22-24(19-5-4-12-29-14-19)32-34(26(22)28(23,3)13-20-15-30-36-25(16)20)21-8-6-18(7-9-21)27-31-17(2)35-33-27;1-16-22-12-11-21-24(19-6-5-13-30-15-19)32-34(26(21)28(22,3)14-23(29-4)25(16)35)20-9-7-18(8-10-20)27-31-17(2)36-33-27;1-15-21-10-9-20-22(17-4-3-11-28-13-17)30-32(19-7-5-16(6-8-19)25(27)31-33)24(20)26(21,2)12-18-14-29-34-23(15)18;1-16-22-11-10-21-23(17-5-4-12-28-14-17)30-31(20-8-6-19(27-3)7-9-20)25(21)26(22,2)13-18-15-29-32-24(16)18;/h4-9,12,14-16,23H,10-11,13H2,1-3H3;5-10,13,15-16,22,35H,11-12,14H2,1-3H3;3-8,11,13-15,21,33H,9-10,12H2,1-2H3,(H2,27,31);4-9,12,14-16,22H,10-11,13H2,1-2H3;1H4/t16-,23-,28-;16-,22-,28-;15-,21-,26-;16-,22-,26-;/m1111./s1. The Hall–Kier alpha value is -16.0. The van der Waals surface area contributed by atoms with Crippen LogP contribution in [0.5, 0.6) is 0 Å². The molecule has 0 amide bonds. The molecule has 13 aromatic heterocycles. The van der Waals surface area contributed by atoms with Gasteiger partial charge in [-0.1, -0.05) is 106 Å². The molecule has 4 N–H and O–H groups in total. The maximum Gasteiger partial charge on any atom is 0.223 e. The lowest BCUT2D eigenvalue weighted by Crippen LogP contribution is -2.45. The molecule has 0 unspecified atom stereocenters. The second-order valence-corrected chi connectivity index (χ2v) is 39.0. The maximum atomic E-state index is 10.8. The molecule has 30 nitrogen and oxygen atoms in total. The van der Waals surface area contributed by atoms with E-state index in [0.29, 0.717) is 76.4 Å². The molecule has 4 aromatic carbocycles. The minimum Gasteiger partial charge on any atom is -0.523 e. The van der Waals surface area contributed by atoms with Crippen LogP contribution in [-0.2, 0) is 66.6 Å². The third kappa shape index (κ3) is 15.0. The summed E-state index contributed by atoms with van der Waals surface area (Å²) in [6.07, 6.45) is 31.3. The number of aliphatic hydroxyl groups excluding tert-OH is 1. The van der Waals surface area contributed by atoms with Crippen LogP contribution < -0.4 is 5.73 Å². The molecule has 0 fully saturated rings. The number of nitrogens with two attached hydrogens (primary N) is 1. The summed E-state index contributed by atoms with van der Waals surface area (Å²) in [4.78, 5) is 33.4. The minimum absolute atomic E-state index is 0. The monoisotopic (exact) mass is 1850 g/mol. The van der Waals surface area contributed by atoms with Gasteiger partial charge in [-0.3, -0.25) is 19.9 Å². The van der Waals surface area contributed by atoms with Gasteiger partial charge in [-0.2, -0.15) is 30.4 Å². The minimum atomic E-state index is -0.351. The second-order valence-electron chi connectivity index (χ2n) is 39.0. The van der Waals surface area contributed by atoms with E-state index >= 15 is 0 Å². The lowest BCUT2D eigenvalue weighted by molar-refractivity contribution is 0.133. The van der Waals surface area contributed by atoms with Crippen LogP contribution in [0.1, 0.15) is 209 Å². The number of hydrogen-bond acceptors (Lipinski definition) is 23. The zero-order valence-electron chi connectivity index (χ0n) is 78.2. The smallest absolute Gasteiger partial charge is 0.223 e. The number of pyridine rings is 4. The van der Waals surface area contributed by atoms with Gasteiger partial charge in [0, 0.05) is 187 Å². The van der Waals surface area contributed by atoms with Gasteiger partial charge in [-0.05, 0) is 234 Å². The number of fused-ring (bicyclic) bond motifs is 15. The van der Waals surface area contributed by atoms with Crippen molar-refractivity contribution in [1.29, 1.82) is 0 Å². The van der Waals surface area contributed by atoms with Gasteiger partial charge in [0.1, 0.15) is 17.3 Å². The fourth-order valence-corrected chi connectivity index (χ4v) is 24.9. The van der Waals surface area contributed by atoms with Crippen molar-refractivity contribution in [3.8, 4) is 90.6 Å². The Morgan fingerprint density at radius 3 is 1.00 bits per heavy atom. The Morgan fingerprint density at radius 2 is 0.712 bits per heavy atom. The number of allylic oxidation sites excluding steroid dienone is 2. The number of amidine groups is 1. The third-order valence-electron chi connectivity index (χ3n) is 31.2. The van der Waals surface area contributed by atoms with Gasteiger partial charge in [-0.25, -0.2) is 28.4 Å². The summed E-state index contributed by atoms with van der Waals surface area (Å²) >= 11 is 0. The summed E-state index contributed by atoms with van der Waals surface area (Å²) in [5.41, 5.74) is 34.0. The molecule has 30 heteroatoms. The largest absolute Gasteiger partial charge is 0.523 e. The lowest BCUT2D eigenvalue weighted by Gasteiger charge is -2.48. The van der Waals surface area contributed by atoms with Crippen LogP contribution in [0.15, 0.2) is 253 Å². The number of aryl methyl sites for hydroxylation is 2. The van der Waals surface area contributed by atoms with Crippen molar-refractivity contribution in [2.75, 3.05) is 0 Å². The molecule has 13 heterocycles. The number of oxime groups is 1. The van der Waals surface area contributed by atoms with Crippen molar-refractivity contribution in [3.63, 3.8) is 0 Å². The molecule has 0 bridgehead atoms. The average molecular weight is 1850 g/mol. The van der Waals surface area contributed by atoms with Crippen molar-refractivity contribution in [1.82, 2.24) is 94.8 Å². The first-order chi connectivity index (χ1) is 67.0. The van der Waals surface area contributed by atoms with E-state index in [1.54, 1.807) is 38.6 Å². The molecular weight excluding hydrogens is 1740 g/mol. The van der Waals surface area contributed by atoms with Crippen molar-refractivity contribution >= 4 is 11.5 Å². The van der Waals surface area contributed by atoms with Crippen LogP contribution in [0.25, 0.3) is 100 Å². The molecule has 0 radical (unpaired) electrons. The van der Waals surface area contributed by atoms with Crippen LogP contribution in [0.2, 0.25) is 0 Å². The number of hydrogen-bond donors (Lipinski definition) is 3. The Morgan fingerprint density at radius 1 is 0.403 bits per heavy atom. The fraction of sp³-hybridized carbons (Fsp3) is 0.321. The average Bonchev–Trinajstić information content (AvgIpc) is 1.58. The summed E-state index contributed by atoms with van der Waals surface area (Å²) < 4.78 is 35.7. The van der Waals surface area contributed by atoms with E-state index in [1.807, 2.05) is 170 Å². The van der Waals surface area contributed by atoms with Gasteiger partial charge in [0.25, 0.3) is 0 Å². The maximum absolute atomic E-state index is 10.8. The summed E-state index contributed by atoms with van der Waals surface area (Å²) in [5.74, 6) is 7.91. The first-order valence-corrected chi connectivity index (χ1v) is 47.1. The highest BCUT2D eigenvalue weighted by Crippen LogP contribution is 2.61. The van der Waals surface area contributed by atoms with Crippen molar-refractivity contribution in [2.45, 2.75) is 193 Å². The molecular formula is C109H105N23O7. The summed E-state index contributed by atoms with van der Waals surface area (Å²) in [5, 5.41) is 64.1. The predicted octanol–water partition coefficient (Wildman–Crippen LogP) is 21.8. The van der Waals surface area contributed by atoms with E-state index in [-0.39, 0.29) is 58.4 Å². The van der Waals surface area contributed by atoms with Gasteiger partial charge >= 0.3 is 0 Å². The number of benzene rings is 4. The molecule has 698 valence electrons. The Bertz CT molecular complexity index is 7620. The third-order valence-corrected chi connectivity index (χ3v) is 31.2. The molecule has 0 spiro atoms. The molecule has 139 heavy (non-hydrogen) atoms. The molecule has 0 aliphatic heterocycles. The SMILES string of the molecule is C.C[C@H]1c2oncc2C[C@@]2(C)c3c(c(-c4cccnc4)nn3-c3ccc(C(N)=NO)cc3)CC[C@H]12.Cc1nc(-c2ccc(-n3nc(-c4cccnc4)c4c3[C@]3(C)Cc5cnoc5[C@H](C)[C@H]3CC4)cc2)no1.[C-]#[N+]C1=C(O)[C@H](C)[C@H]2CCc3c(-c4cccnc4)nn(-c4ccc(-c5noc(C)n5)cc4)c3[C@]2(C)C1.[C-]#[N+]c1ccc(-n2nc(-c3cccnc3)c3c2[C@]2(C)Cc4cnoc4[C@H](C)[C@H]2CC3)cc1. The van der Waals surface area contributed by atoms with E-state index in [1.165, 1.54) is 56.0 Å². The normalized spacial score (nSPS) is 23.1. The number of aromatic nitrogens is 19. The summed E-state index contributed by atoms with van der Waals surface area (Å²) in [6, 6.07) is 47.7. The predicted molar refractivity (Wildman–Crippen MR) is 521 cm³/mol. The van der Waals surface area contributed by atoms with Gasteiger partial charge in [0.05, 0.1) is 106 Å². The first kappa shape index (κ1) is 89.5. The zero-order chi connectivity index (χ0) is 94.8. The van der Waals surface area contributed by atoms with Crippen molar-refractivity contribution in [3.05, 3.63) is 344 Å². The Kier molecular flexibility index (Phi) is 22.7. The Balaban J connectivity index is 0.000000110. The number of aliphatic hydroxyl groups is 1. The van der Waals surface area contributed by atoms with E-state index in [9.17, 15) is 5.11 Å². The van der Waals surface area contributed by atoms with Crippen LogP contribution in [0, 0.1) is 56.6 Å². The van der Waals surface area contributed by atoms with E-state index < -0.39 is 0 Å². The van der Waals surface area contributed by atoms with Gasteiger partial charge in [0.2, 0.25) is 29.1 Å². The topological polar surface area (TPSA) is 366 Å². The van der Waals surface area contributed by atoms with E-state index in [0.717, 1.165) is 173 Å². The lowest BCUT2D eigenvalue weighted by atomic mass is 9.56. The first-order valence-electron chi connectivity index (χ1n) is 47.1. The fourth-order valence-electron chi connectivity index (χ4n) is 24.9. The van der Waals surface area contributed by atoms with Gasteiger partial charge in [0.15, 0.2) is 11.5 Å². The summed E-state index contributed by atoms with van der Waals surface area (Å²) in [6.45, 7) is 36.8. The molecule has 0 saturated carbocycles. The molecule has 25 rings (SSSR count). The van der Waals surface area contributed by atoms with Crippen LogP contribution in [0.4, 0.5) is 5.69 Å². The zero-order valence-corrected chi connectivity index (χ0v) is 78.2. The van der Waals surface area contributed by atoms with Crippen molar-refractivity contribution in [2.24, 2.45) is 40.5 Å². The van der Waals surface area contributed by atoms with E-state index in [4.69, 9.17) is 67.1 Å². The molecule has 12 atom stereocenters.